The summed E-state index contributed by atoms with van der Waals surface area (Å²) in [4.78, 5) is 19.4. The van der Waals surface area contributed by atoms with E-state index in [0.29, 0.717) is 5.11 Å². The van der Waals surface area contributed by atoms with E-state index in [0.717, 1.165) is 55.3 Å². The summed E-state index contributed by atoms with van der Waals surface area (Å²) >= 11 is 7.51. The maximum absolute atomic E-state index is 11.0. The van der Waals surface area contributed by atoms with Crippen molar-refractivity contribution < 1.29 is 14.4 Å². The molecule has 4 heterocycles. The number of rotatable bonds is 7. The molecule has 2 atom stereocenters. The number of aryl methyl sites for hydroxylation is 1. The van der Waals surface area contributed by atoms with Crippen molar-refractivity contribution in [1.82, 2.24) is 14.9 Å². The summed E-state index contributed by atoms with van der Waals surface area (Å²) in [5.74, 6) is 1.48. The van der Waals surface area contributed by atoms with Crippen LogP contribution in [0.4, 0.5) is 11.4 Å². The number of ether oxygens (including phenoxy) is 2. The van der Waals surface area contributed by atoms with E-state index in [2.05, 4.69) is 46.8 Å². The minimum absolute atomic E-state index is 0.0751. The van der Waals surface area contributed by atoms with Gasteiger partial charge in [0.05, 0.1) is 22.7 Å². The Bertz CT molecular complexity index is 1880. The van der Waals surface area contributed by atoms with E-state index in [9.17, 15) is 10.1 Å². The van der Waals surface area contributed by atoms with Crippen LogP contribution in [0.1, 0.15) is 34.7 Å². The number of hydrogen-bond donors (Lipinski definition) is 1. The molecule has 7 rings (SSSR count). The van der Waals surface area contributed by atoms with Crippen LogP contribution in [-0.4, -0.2) is 26.4 Å². The Morgan fingerprint density at radius 3 is 2.34 bits per heavy atom. The number of pyridine rings is 1. The van der Waals surface area contributed by atoms with E-state index in [4.69, 9.17) is 26.7 Å². The molecule has 0 amide bonds. The maximum atomic E-state index is 11.0. The summed E-state index contributed by atoms with van der Waals surface area (Å²) in [6, 6.07) is 28.6. The Balaban J connectivity index is 1.25. The second-order valence-electron chi connectivity index (χ2n) is 10.5. The molecule has 1 fully saturated rings. The first-order valence-corrected chi connectivity index (χ1v) is 15.2. The van der Waals surface area contributed by atoms with Gasteiger partial charge >= 0.3 is 0 Å². The highest BCUT2D eigenvalue weighted by atomic mass is 32.2. The van der Waals surface area contributed by atoms with E-state index >= 15 is 0 Å². The second-order valence-corrected chi connectivity index (χ2v) is 12.1. The Kier molecular flexibility index (Phi) is 7.19. The van der Waals surface area contributed by atoms with Gasteiger partial charge in [-0.05, 0) is 98.4 Å². The molecule has 44 heavy (non-hydrogen) atoms. The van der Waals surface area contributed by atoms with Crippen molar-refractivity contribution in [3.63, 3.8) is 0 Å². The molecular weight excluding hydrogens is 595 g/mol. The molecule has 0 aliphatic carbocycles. The highest BCUT2D eigenvalue weighted by Crippen LogP contribution is 2.45. The first kappa shape index (κ1) is 27.9. The smallest absolute Gasteiger partial charge is 0.269 e. The molecule has 0 bridgehead atoms. The molecule has 3 aromatic carbocycles. The fourth-order valence-electron chi connectivity index (χ4n) is 5.90. The predicted molar refractivity (Wildman–Crippen MR) is 173 cm³/mol. The molecule has 220 valence electrons. The molecule has 1 saturated heterocycles. The first-order valence-electron chi connectivity index (χ1n) is 14.0. The molecule has 2 aromatic heterocycles. The number of anilines is 1. The standard InChI is InChI=1S/C33H27N5O4S2/c1-20-17-27(21(2)36(20)24-10-15-29-30(18-24)42-19-41-29)32-31(28-5-3-4-16-34-28)35-33(43)37(32)22-6-11-25(12-7-22)44-26-13-8-23(9-14-26)38(39)40/h3-18,31-32H,19H2,1-2H3,(H,35,43)/t31-,32-/m0/s1. The van der Waals surface area contributed by atoms with Crippen LogP contribution >= 0.6 is 24.0 Å². The largest absolute Gasteiger partial charge is 0.454 e. The van der Waals surface area contributed by atoms with Gasteiger partial charge in [0.2, 0.25) is 6.79 Å². The lowest BCUT2D eigenvalue weighted by molar-refractivity contribution is -0.384. The van der Waals surface area contributed by atoms with E-state index in [1.807, 2.05) is 48.5 Å². The van der Waals surface area contributed by atoms with E-state index < -0.39 is 4.92 Å². The zero-order valence-corrected chi connectivity index (χ0v) is 25.5. The maximum Gasteiger partial charge on any atom is 0.269 e. The molecule has 2 aliphatic heterocycles. The number of hydrogen-bond acceptors (Lipinski definition) is 7. The molecular formula is C33H27N5O4S2. The van der Waals surface area contributed by atoms with Gasteiger partial charge < -0.3 is 24.3 Å². The van der Waals surface area contributed by atoms with Crippen molar-refractivity contribution in [2.75, 3.05) is 11.7 Å². The number of nitrogens with one attached hydrogen (secondary N) is 1. The summed E-state index contributed by atoms with van der Waals surface area (Å²) in [5.41, 5.74) is 6.24. The lowest BCUT2D eigenvalue weighted by Crippen LogP contribution is -2.29. The Morgan fingerprint density at radius 2 is 1.64 bits per heavy atom. The van der Waals surface area contributed by atoms with Crippen LogP contribution in [0, 0.1) is 24.0 Å². The van der Waals surface area contributed by atoms with Gasteiger partial charge in [0.25, 0.3) is 5.69 Å². The van der Waals surface area contributed by atoms with Crippen molar-refractivity contribution in [3.8, 4) is 17.2 Å². The van der Waals surface area contributed by atoms with Crippen LogP contribution in [-0.2, 0) is 0 Å². The van der Waals surface area contributed by atoms with Crippen LogP contribution in [0.2, 0.25) is 0 Å². The molecule has 0 saturated carbocycles. The molecule has 9 nitrogen and oxygen atoms in total. The van der Waals surface area contributed by atoms with Gasteiger partial charge in [-0.3, -0.25) is 15.1 Å². The minimum Gasteiger partial charge on any atom is -0.454 e. The van der Waals surface area contributed by atoms with Gasteiger partial charge in [-0.1, -0.05) is 17.8 Å². The molecule has 5 aromatic rings. The van der Waals surface area contributed by atoms with Gasteiger partial charge in [0.1, 0.15) is 0 Å². The third kappa shape index (κ3) is 5.03. The fraction of sp³-hybridized carbons (Fsp3) is 0.152. The topological polar surface area (TPSA) is 94.7 Å². The van der Waals surface area contributed by atoms with Gasteiger partial charge in [-0.2, -0.15) is 0 Å². The predicted octanol–water partition coefficient (Wildman–Crippen LogP) is 7.45. The van der Waals surface area contributed by atoms with Crippen molar-refractivity contribution >= 4 is 40.5 Å². The molecule has 2 aliphatic rings. The highest BCUT2D eigenvalue weighted by molar-refractivity contribution is 7.99. The number of nitro benzene ring substituents is 1. The van der Waals surface area contributed by atoms with Crippen LogP contribution < -0.4 is 19.7 Å². The molecule has 0 spiro atoms. The first-order chi connectivity index (χ1) is 21.4. The zero-order valence-electron chi connectivity index (χ0n) is 23.8. The average molecular weight is 622 g/mol. The van der Waals surface area contributed by atoms with Crippen LogP contribution in [0.5, 0.6) is 11.5 Å². The number of nitrogens with zero attached hydrogens (tertiary/aromatic N) is 4. The third-order valence-corrected chi connectivity index (χ3v) is 9.23. The molecule has 1 N–H and O–H groups in total. The molecule has 11 heteroatoms. The number of benzene rings is 3. The Hall–Kier alpha value is -4.87. The number of aromatic nitrogens is 2. The van der Waals surface area contributed by atoms with E-state index in [-0.39, 0.29) is 24.6 Å². The quantitative estimate of drug-likeness (QED) is 0.113. The van der Waals surface area contributed by atoms with E-state index in [1.54, 1.807) is 30.1 Å². The summed E-state index contributed by atoms with van der Waals surface area (Å²) in [6.45, 7) is 4.46. The lowest BCUT2D eigenvalue weighted by Gasteiger charge is -2.28. The van der Waals surface area contributed by atoms with Crippen molar-refractivity contribution in [3.05, 3.63) is 130 Å². The number of non-ortho nitro benzene ring substituents is 1. The summed E-state index contributed by atoms with van der Waals surface area (Å²) in [7, 11) is 0. The van der Waals surface area contributed by atoms with Crippen molar-refractivity contribution in [2.45, 2.75) is 35.7 Å². The van der Waals surface area contributed by atoms with Crippen LogP contribution in [0.3, 0.4) is 0 Å². The molecule has 0 unspecified atom stereocenters. The van der Waals surface area contributed by atoms with Gasteiger partial charge in [0.15, 0.2) is 16.6 Å². The number of fused-ring (bicyclic) bond motifs is 1. The van der Waals surface area contributed by atoms with Crippen molar-refractivity contribution in [1.29, 1.82) is 0 Å². The van der Waals surface area contributed by atoms with E-state index in [1.165, 1.54) is 12.1 Å². The fourth-order valence-corrected chi connectivity index (χ4v) is 7.07. The number of thiocarbonyl (C=S) groups is 1. The van der Waals surface area contributed by atoms with Crippen LogP contribution in [0.25, 0.3) is 5.69 Å². The zero-order chi connectivity index (χ0) is 30.4. The average Bonchev–Trinajstić information content (AvgIpc) is 3.72. The normalized spacial score (nSPS) is 17.1. The second kappa shape index (κ2) is 11.3. The monoisotopic (exact) mass is 621 g/mol. The van der Waals surface area contributed by atoms with Gasteiger partial charge in [-0.25, -0.2) is 0 Å². The minimum atomic E-state index is -0.391. The Morgan fingerprint density at radius 1 is 0.932 bits per heavy atom. The van der Waals surface area contributed by atoms with Gasteiger partial charge in [0, 0.05) is 56.9 Å². The SMILES string of the molecule is Cc1cc([C@H]2[C@H](c3ccccn3)NC(=S)N2c2ccc(Sc3ccc([N+](=O)[O-])cc3)cc2)c(C)n1-c1ccc2c(c1)OCO2. The highest BCUT2D eigenvalue weighted by Gasteiger charge is 2.42. The number of nitro groups is 1. The van der Waals surface area contributed by atoms with Crippen LogP contribution in [0.15, 0.2) is 107 Å². The summed E-state index contributed by atoms with van der Waals surface area (Å²) in [6.07, 6.45) is 1.81. The van der Waals surface area contributed by atoms with Crippen molar-refractivity contribution in [2.24, 2.45) is 0 Å². The van der Waals surface area contributed by atoms with Gasteiger partial charge in [-0.15, -0.1) is 0 Å². The molecule has 0 radical (unpaired) electrons. The third-order valence-electron chi connectivity index (χ3n) is 7.90. The summed E-state index contributed by atoms with van der Waals surface area (Å²) in [5, 5.41) is 15.2. The Labute approximate surface area is 263 Å². The summed E-state index contributed by atoms with van der Waals surface area (Å²) < 4.78 is 13.4. The lowest BCUT2D eigenvalue weighted by atomic mass is 9.96.